The fourth-order valence-corrected chi connectivity index (χ4v) is 7.42. The average Bonchev–Trinajstić information content (AvgIpc) is 3.58. The summed E-state index contributed by atoms with van der Waals surface area (Å²) in [5.41, 5.74) is 17.2. The average molecular weight is 745 g/mol. The molecule has 0 saturated carbocycles. The monoisotopic (exact) mass is 745 g/mol. The lowest BCUT2D eigenvalue weighted by Crippen LogP contribution is -2.36. The van der Waals surface area contributed by atoms with Crippen LogP contribution in [0.3, 0.4) is 0 Å². The maximum atomic E-state index is 13.9. The second kappa shape index (κ2) is 19.1. The molecule has 2 aromatic carbocycles. The molecule has 1 aliphatic rings. The van der Waals surface area contributed by atoms with Gasteiger partial charge in [0.25, 0.3) is 0 Å². The van der Waals surface area contributed by atoms with E-state index in [9.17, 15) is 4.39 Å². The zero-order valence-electron chi connectivity index (χ0n) is 33.5. The van der Waals surface area contributed by atoms with E-state index in [1.54, 1.807) is 6.07 Å². The number of benzene rings is 2. The van der Waals surface area contributed by atoms with Crippen molar-refractivity contribution in [3.63, 3.8) is 0 Å². The zero-order chi connectivity index (χ0) is 40.4. The fourth-order valence-electron chi connectivity index (χ4n) is 7.42. The number of hydrogen-bond donors (Lipinski definition) is 6. The number of aromatic nitrogens is 2. The number of nitrogen functional groups attached to an aromatic ring is 1. The Morgan fingerprint density at radius 2 is 1.78 bits per heavy atom. The first kappa shape index (κ1) is 42.1. The minimum Gasteiger partial charge on any atom is -0.398 e. The number of nitrogens with one attached hydrogen (secondary N) is 5. The van der Waals surface area contributed by atoms with Crippen molar-refractivity contribution in [2.24, 2.45) is 0 Å². The molecule has 0 bridgehead atoms. The molecule has 7 N–H and O–H groups in total. The van der Waals surface area contributed by atoms with Crippen LogP contribution in [0.1, 0.15) is 67.2 Å². The molecule has 0 radical (unpaired) electrons. The van der Waals surface area contributed by atoms with Crippen LogP contribution >= 0.6 is 0 Å². The molecule has 1 saturated heterocycles. The molecule has 9 heteroatoms. The molecule has 292 valence electrons. The highest BCUT2D eigenvalue weighted by molar-refractivity contribution is 5.94. The first-order chi connectivity index (χ1) is 26.3. The third-order valence-electron chi connectivity index (χ3n) is 10.3. The van der Waals surface area contributed by atoms with E-state index in [1.165, 1.54) is 12.1 Å². The lowest BCUT2D eigenvalue weighted by Gasteiger charge is -2.29. The van der Waals surface area contributed by atoms with Gasteiger partial charge in [0, 0.05) is 111 Å². The lowest BCUT2D eigenvalue weighted by atomic mass is 10.0. The molecule has 4 aromatic rings. The number of anilines is 2. The van der Waals surface area contributed by atoms with Gasteiger partial charge in [0.2, 0.25) is 0 Å². The van der Waals surface area contributed by atoms with E-state index in [-0.39, 0.29) is 11.9 Å². The highest BCUT2D eigenvalue weighted by Gasteiger charge is 2.23. The van der Waals surface area contributed by atoms with Crippen molar-refractivity contribution < 1.29 is 4.39 Å². The quantitative estimate of drug-likeness (QED) is 0.0374. The van der Waals surface area contributed by atoms with Crippen LogP contribution in [0.2, 0.25) is 0 Å². The van der Waals surface area contributed by atoms with Crippen molar-refractivity contribution in [3.8, 4) is 0 Å². The Hall–Kier alpha value is -5.67. The topological polar surface area (TPSA) is 98.1 Å². The van der Waals surface area contributed by atoms with Crippen molar-refractivity contribution >= 4 is 52.7 Å². The lowest BCUT2D eigenvalue weighted by molar-refractivity contribution is 0.310. The fraction of sp³-hybridized carbons (Fsp3) is 0.304. The number of nitrogens with two attached hydrogens (primary N) is 1. The highest BCUT2D eigenvalue weighted by atomic mass is 19.1. The number of piperidine rings is 1. The van der Waals surface area contributed by atoms with Crippen molar-refractivity contribution in [3.05, 3.63) is 138 Å². The number of aromatic amines is 1. The summed E-state index contributed by atoms with van der Waals surface area (Å²) in [6, 6.07) is 10.9. The molecule has 1 fully saturated rings. The van der Waals surface area contributed by atoms with Gasteiger partial charge in [-0.1, -0.05) is 58.5 Å². The predicted molar refractivity (Wildman–Crippen MR) is 237 cm³/mol. The molecule has 5 rings (SSSR count). The first-order valence-electron chi connectivity index (χ1n) is 19.0. The number of likely N-dealkylation sites (N-methyl/N-ethyl adjacent to an activating group) is 1. The number of H-pyrrole nitrogens is 1. The molecule has 1 aliphatic heterocycles. The molecule has 0 amide bonds. The van der Waals surface area contributed by atoms with Gasteiger partial charge in [-0.3, -0.25) is 4.90 Å². The van der Waals surface area contributed by atoms with Gasteiger partial charge in [0.15, 0.2) is 0 Å². The second-order valence-corrected chi connectivity index (χ2v) is 14.1. The Balaban J connectivity index is 0.00000331. The minimum atomic E-state index is -0.307. The summed E-state index contributed by atoms with van der Waals surface area (Å²) >= 11 is 0. The summed E-state index contributed by atoms with van der Waals surface area (Å²) in [7, 11) is 0. The van der Waals surface area contributed by atoms with Crippen LogP contribution in [0.5, 0.6) is 0 Å². The SMILES string of the molecule is C=C.C=C(CN(CC)CCNC(=C)c1c(C)[nH]c(/C=C(\C)c2cc(F)ccc2N)c1C)NCCCNc1cccc2c(=C)n(C3CCC(=C)NC3=C)c(=C)c12. The summed E-state index contributed by atoms with van der Waals surface area (Å²) < 4.78 is 16.1. The number of rotatable bonds is 17. The standard InChI is InChI=1S/C44H57FN8.C2H4/c1-11-52(23-22-48-32(7)43-30(5)41(51-33(43)8)24-27(2)38-25-36(45)17-18-39(38)46)26-29(4)47-20-13-21-49-40-15-12-14-37-34(9)53(35(10)44(37)40)42-19-16-28(3)50-31(42)6;1-2/h12,14-15,17-18,24-25,42,47-51H,3-4,6-7,9-11,13,16,19-23,26,46H2,1-2,5,8H3;1-2H2/b27-24+;. The van der Waals surface area contributed by atoms with Gasteiger partial charge in [-0.2, -0.15) is 0 Å². The van der Waals surface area contributed by atoms with Gasteiger partial charge < -0.3 is 36.6 Å². The normalized spacial score (nSPS) is 14.4. The van der Waals surface area contributed by atoms with Crippen LogP contribution in [0, 0.1) is 19.7 Å². The summed E-state index contributed by atoms with van der Waals surface area (Å²) in [6.07, 6.45) is 4.77. The summed E-state index contributed by atoms with van der Waals surface area (Å²) in [5, 5.41) is 18.2. The third-order valence-corrected chi connectivity index (χ3v) is 10.3. The Kier molecular flexibility index (Phi) is 14.6. The number of allylic oxidation sites excluding steroid dienone is 3. The van der Waals surface area contributed by atoms with Crippen LogP contribution in [0.25, 0.3) is 41.3 Å². The van der Waals surface area contributed by atoms with Crippen LogP contribution in [-0.2, 0) is 0 Å². The van der Waals surface area contributed by atoms with Gasteiger partial charge in [0.1, 0.15) is 5.82 Å². The molecule has 2 aromatic heterocycles. The molecular formula is C46H61FN8. The third kappa shape index (κ3) is 9.91. The number of fused-ring (bicyclic) bond motifs is 1. The van der Waals surface area contributed by atoms with E-state index in [0.717, 1.165) is 137 Å². The molecule has 55 heavy (non-hydrogen) atoms. The Labute approximate surface area is 327 Å². The number of aryl methyl sites for hydroxylation is 1. The van der Waals surface area contributed by atoms with Crippen LogP contribution in [-0.4, -0.2) is 53.7 Å². The summed E-state index contributed by atoms with van der Waals surface area (Å²) in [6.45, 7) is 45.0. The van der Waals surface area contributed by atoms with Gasteiger partial charge >= 0.3 is 0 Å². The largest absolute Gasteiger partial charge is 0.398 e. The van der Waals surface area contributed by atoms with Gasteiger partial charge in [0.05, 0.1) is 6.04 Å². The number of nitrogens with zero attached hydrogens (tertiary/aromatic N) is 2. The van der Waals surface area contributed by atoms with E-state index in [2.05, 4.69) is 120 Å². The van der Waals surface area contributed by atoms with E-state index in [0.29, 0.717) is 11.3 Å². The van der Waals surface area contributed by atoms with Gasteiger partial charge in [-0.25, -0.2) is 4.39 Å². The predicted octanol–water partition coefficient (Wildman–Crippen LogP) is 7.93. The Bertz CT molecular complexity index is 2180. The van der Waals surface area contributed by atoms with Gasteiger partial charge in [-0.15, -0.1) is 13.2 Å². The smallest absolute Gasteiger partial charge is 0.123 e. The summed E-state index contributed by atoms with van der Waals surface area (Å²) in [4.78, 5) is 5.83. The van der Waals surface area contributed by atoms with Gasteiger partial charge in [-0.05, 0) is 88.1 Å². The molecule has 3 heterocycles. The van der Waals surface area contributed by atoms with E-state index in [4.69, 9.17) is 5.73 Å². The Morgan fingerprint density at radius 1 is 1.04 bits per heavy atom. The van der Waals surface area contributed by atoms with Crippen LogP contribution < -0.4 is 37.7 Å². The maximum absolute atomic E-state index is 13.9. The molecule has 0 spiro atoms. The molecular weight excluding hydrogens is 684 g/mol. The van der Waals surface area contributed by atoms with Crippen molar-refractivity contribution in [2.75, 3.05) is 50.3 Å². The van der Waals surface area contributed by atoms with Crippen molar-refractivity contribution in [1.29, 1.82) is 0 Å². The first-order valence-corrected chi connectivity index (χ1v) is 19.0. The molecule has 0 aliphatic carbocycles. The van der Waals surface area contributed by atoms with E-state index < -0.39 is 0 Å². The van der Waals surface area contributed by atoms with E-state index >= 15 is 0 Å². The maximum Gasteiger partial charge on any atom is 0.123 e. The van der Waals surface area contributed by atoms with E-state index in [1.807, 2.05) is 19.9 Å². The second-order valence-electron chi connectivity index (χ2n) is 14.1. The minimum absolute atomic E-state index is 0.0994. The molecule has 1 unspecified atom stereocenters. The number of hydrogen-bond acceptors (Lipinski definition) is 6. The van der Waals surface area contributed by atoms with Crippen molar-refractivity contribution in [1.82, 2.24) is 30.4 Å². The highest BCUT2D eigenvalue weighted by Crippen LogP contribution is 2.30. The molecule has 1 atom stereocenters. The van der Waals surface area contributed by atoms with Crippen LogP contribution in [0.15, 0.2) is 93.0 Å². The zero-order valence-corrected chi connectivity index (χ0v) is 33.5. The summed E-state index contributed by atoms with van der Waals surface area (Å²) in [5.74, 6) is -0.307. The molecule has 8 nitrogen and oxygen atoms in total. The number of halogens is 1. The Morgan fingerprint density at radius 3 is 2.49 bits per heavy atom. The van der Waals surface area contributed by atoms with Crippen molar-refractivity contribution in [2.45, 2.75) is 53.0 Å². The van der Waals surface area contributed by atoms with Crippen LogP contribution in [0.4, 0.5) is 15.8 Å².